The third-order valence-corrected chi connectivity index (χ3v) is 5.45. The van der Waals surface area contributed by atoms with Crippen LogP contribution in [0.25, 0.3) is 0 Å². The molecule has 1 unspecified atom stereocenters. The molecule has 4 nitrogen and oxygen atoms in total. The minimum atomic E-state index is -0.146. The van der Waals surface area contributed by atoms with E-state index < -0.39 is 0 Å². The maximum Gasteiger partial charge on any atom is 0.193 e. The minimum absolute atomic E-state index is 0. The van der Waals surface area contributed by atoms with Crippen molar-refractivity contribution in [3.63, 3.8) is 0 Å². The van der Waals surface area contributed by atoms with E-state index in [2.05, 4.69) is 44.4 Å². The average Bonchev–Trinajstić information content (AvgIpc) is 2.66. The van der Waals surface area contributed by atoms with Crippen molar-refractivity contribution in [2.24, 2.45) is 4.99 Å². The van der Waals surface area contributed by atoms with Crippen LogP contribution in [-0.2, 0) is 6.42 Å². The molecule has 0 radical (unpaired) electrons. The molecule has 0 amide bonds. The van der Waals surface area contributed by atoms with Crippen LogP contribution in [-0.4, -0.2) is 50.6 Å². The highest BCUT2D eigenvalue weighted by Crippen LogP contribution is 2.34. The largest absolute Gasteiger partial charge is 0.366 e. The van der Waals surface area contributed by atoms with Gasteiger partial charge in [-0.1, -0.05) is 36.4 Å². The number of nitrogens with zero attached hydrogens (tertiary/aromatic N) is 3. The minimum Gasteiger partial charge on any atom is -0.366 e. The second-order valence-corrected chi connectivity index (χ2v) is 6.95. The lowest BCUT2D eigenvalue weighted by atomic mass is 9.78. The van der Waals surface area contributed by atoms with Crippen molar-refractivity contribution in [2.45, 2.75) is 12.3 Å². The van der Waals surface area contributed by atoms with Gasteiger partial charge in [0.1, 0.15) is 5.82 Å². The van der Waals surface area contributed by atoms with Crippen molar-refractivity contribution in [3.8, 4) is 0 Å². The van der Waals surface area contributed by atoms with Gasteiger partial charge in [-0.25, -0.2) is 4.39 Å². The van der Waals surface area contributed by atoms with E-state index in [1.54, 1.807) is 6.07 Å². The lowest BCUT2D eigenvalue weighted by molar-refractivity contribution is 0.368. The summed E-state index contributed by atoms with van der Waals surface area (Å²) in [4.78, 5) is 8.83. The Hall–Kier alpha value is -1.83. The summed E-state index contributed by atoms with van der Waals surface area (Å²) in [6, 6.07) is 15.7. The van der Waals surface area contributed by atoms with Gasteiger partial charge < -0.3 is 15.1 Å². The van der Waals surface area contributed by atoms with Crippen LogP contribution in [0.15, 0.2) is 53.5 Å². The van der Waals surface area contributed by atoms with Crippen LogP contribution in [0.3, 0.4) is 0 Å². The number of guanidine groups is 1. The quantitative estimate of drug-likeness (QED) is 0.415. The zero-order valence-electron chi connectivity index (χ0n) is 15.6. The molecule has 1 N–H and O–H groups in total. The third-order valence-electron chi connectivity index (χ3n) is 5.45. The fourth-order valence-electron chi connectivity index (χ4n) is 3.96. The molecule has 27 heavy (non-hydrogen) atoms. The average molecular weight is 480 g/mol. The van der Waals surface area contributed by atoms with Gasteiger partial charge in [0.05, 0.1) is 5.69 Å². The number of anilines is 1. The second kappa shape index (κ2) is 8.91. The van der Waals surface area contributed by atoms with Crippen LogP contribution < -0.4 is 10.2 Å². The summed E-state index contributed by atoms with van der Waals surface area (Å²) in [5, 5.41) is 3.53. The number of hydrogen-bond acceptors (Lipinski definition) is 2. The molecular weight excluding hydrogens is 454 g/mol. The third kappa shape index (κ3) is 4.20. The number of benzene rings is 2. The fourth-order valence-corrected chi connectivity index (χ4v) is 3.96. The highest BCUT2D eigenvalue weighted by molar-refractivity contribution is 14.0. The molecule has 6 heteroatoms. The molecule has 1 saturated heterocycles. The van der Waals surface area contributed by atoms with Gasteiger partial charge in [-0.05, 0) is 29.7 Å². The highest BCUT2D eigenvalue weighted by Gasteiger charge is 2.27. The fraction of sp³-hybridized carbons (Fsp3) is 0.381. The highest BCUT2D eigenvalue weighted by atomic mass is 127. The zero-order valence-corrected chi connectivity index (χ0v) is 17.9. The summed E-state index contributed by atoms with van der Waals surface area (Å²) < 4.78 is 14.0. The Bertz CT molecular complexity index is 802. The number of para-hydroxylation sites is 1. The van der Waals surface area contributed by atoms with Gasteiger partial charge in [0.15, 0.2) is 5.96 Å². The normalized spacial score (nSPS) is 19.0. The Labute approximate surface area is 177 Å². The molecule has 0 aromatic heterocycles. The molecule has 0 bridgehead atoms. The topological polar surface area (TPSA) is 30.9 Å². The number of nitrogens with one attached hydrogen (secondary N) is 1. The van der Waals surface area contributed by atoms with Gasteiger partial charge in [0.25, 0.3) is 0 Å². The maximum absolute atomic E-state index is 14.0. The second-order valence-electron chi connectivity index (χ2n) is 6.95. The Morgan fingerprint density at radius 2 is 1.78 bits per heavy atom. The van der Waals surface area contributed by atoms with E-state index in [9.17, 15) is 4.39 Å². The van der Waals surface area contributed by atoms with Crippen molar-refractivity contribution < 1.29 is 4.39 Å². The molecule has 0 saturated carbocycles. The molecule has 2 aliphatic rings. The molecule has 1 atom stereocenters. The first-order valence-corrected chi connectivity index (χ1v) is 9.29. The molecular formula is C21H26FIN4. The van der Waals surface area contributed by atoms with Crippen molar-refractivity contribution in [1.29, 1.82) is 0 Å². The monoisotopic (exact) mass is 480 g/mol. The standard InChI is InChI=1S/C21H25FN4.HI/c1-23-21(24-15-17-14-16-6-2-3-7-18(16)17)26-12-10-25(11-13-26)20-9-5-4-8-19(20)22;/h2-9,17H,10-15H2,1H3,(H,23,24);1H. The van der Waals surface area contributed by atoms with Crippen LogP contribution in [0.1, 0.15) is 17.0 Å². The predicted molar refractivity (Wildman–Crippen MR) is 120 cm³/mol. The molecule has 1 fully saturated rings. The van der Waals surface area contributed by atoms with Gasteiger partial charge >= 0.3 is 0 Å². The first-order chi connectivity index (χ1) is 12.8. The van der Waals surface area contributed by atoms with E-state index in [1.165, 1.54) is 17.2 Å². The number of rotatable bonds is 3. The van der Waals surface area contributed by atoms with E-state index in [-0.39, 0.29) is 29.8 Å². The number of hydrogen-bond donors (Lipinski definition) is 1. The molecule has 144 valence electrons. The van der Waals surface area contributed by atoms with E-state index in [1.807, 2.05) is 19.2 Å². The summed E-state index contributed by atoms with van der Waals surface area (Å²) in [7, 11) is 1.83. The Morgan fingerprint density at radius 3 is 2.48 bits per heavy atom. The number of halogens is 2. The van der Waals surface area contributed by atoms with E-state index in [4.69, 9.17) is 0 Å². The van der Waals surface area contributed by atoms with Crippen LogP contribution in [0.2, 0.25) is 0 Å². The van der Waals surface area contributed by atoms with Gasteiger partial charge in [0.2, 0.25) is 0 Å². The van der Waals surface area contributed by atoms with Crippen LogP contribution >= 0.6 is 24.0 Å². The summed E-state index contributed by atoms with van der Waals surface area (Å²) in [5.74, 6) is 1.37. The van der Waals surface area contributed by atoms with Gasteiger partial charge in [0, 0.05) is 45.7 Å². The van der Waals surface area contributed by atoms with Crippen molar-refractivity contribution in [1.82, 2.24) is 10.2 Å². The molecule has 1 aliphatic carbocycles. The number of aliphatic imine (C=N–C) groups is 1. The lowest BCUT2D eigenvalue weighted by Gasteiger charge is -2.38. The predicted octanol–water partition coefficient (Wildman–Crippen LogP) is 3.48. The maximum atomic E-state index is 14.0. The number of fused-ring (bicyclic) bond motifs is 1. The molecule has 0 spiro atoms. The molecule has 1 aliphatic heterocycles. The van der Waals surface area contributed by atoms with Crippen LogP contribution in [0.5, 0.6) is 0 Å². The smallest absolute Gasteiger partial charge is 0.193 e. The van der Waals surface area contributed by atoms with Crippen molar-refractivity contribution >= 4 is 35.6 Å². The Balaban J connectivity index is 0.00000210. The molecule has 1 heterocycles. The summed E-state index contributed by atoms with van der Waals surface area (Å²) in [6.45, 7) is 4.20. The van der Waals surface area contributed by atoms with Crippen molar-refractivity contribution in [2.75, 3.05) is 44.7 Å². The van der Waals surface area contributed by atoms with Crippen LogP contribution in [0.4, 0.5) is 10.1 Å². The van der Waals surface area contributed by atoms with Gasteiger partial charge in [-0.15, -0.1) is 24.0 Å². The van der Waals surface area contributed by atoms with Crippen molar-refractivity contribution in [3.05, 3.63) is 65.5 Å². The summed E-state index contributed by atoms with van der Waals surface area (Å²) >= 11 is 0. The van der Waals surface area contributed by atoms with E-state index >= 15 is 0 Å². The summed E-state index contributed by atoms with van der Waals surface area (Å²) in [5.41, 5.74) is 3.62. The summed E-state index contributed by atoms with van der Waals surface area (Å²) in [6.07, 6.45) is 1.14. The van der Waals surface area contributed by atoms with Gasteiger partial charge in [-0.2, -0.15) is 0 Å². The Morgan fingerprint density at radius 1 is 1.07 bits per heavy atom. The molecule has 2 aromatic carbocycles. The lowest BCUT2D eigenvalue weighted by Crippen LogP contribution is -2.53. The van der Waals surface area contributed by atoms with E-state index in [0.717, 1.165) is 45.1 Å². The zero-order chi connectivity index (χ0) is 17.9. The first kappa shape index (κ1) is 19.9. The molecule has 4 rings (SSSR count). The van der Waals surface area contributed by atoms with Gasteiger partial charge in [-0.3, -0.25) is 4.99 Å². The Kier molecular flexibility index (Phi) is 6.57. The van der Waals surface area contributed by atoms with Crippen LogP contribution in [0, 0.1) is 5.82 Å². The van der Waals surface area contributed by atoms with E-state index in [0.29, 0.717) is 11.6 Å². The SMILES string of the molecule is CN=C(NCC1Cc2ccccc21)N1CCN(c2ccccc2F)CC1.I. The molecule has 2 aromatic rings. The first-order valence-electron chi connectivity index (χ1n) is 9.29. The number of piperazine rings is 1.